The number of aliphatic imine (C=N–C) groups is 1. The molecule has 0 spiro atoms. The van der Waals surface area contributed by atoms with Gasteiger partial charge in [-0.3, -0.25) is 9.79 Å². The molecule has 0 radical (unpaired) electrons. The maximum atomic E-state index is 11.9. The minimum Gasteiger partial charge on any atom is -0.357 e. The SMILES string of the molecule is CCNC(=NCCC(=O)NC1CCCCC1)NC(C)(C)C. The molecule has 1 aliphatic rings. The van der Waals surface area contributed by atoms with E-state index in [0.29, 0.717) is 19.0 Å². The van der Waals surface area contributed by atoms with Crippen LogP contribution in [-0.2, 0) is 4.79 Å². The van der Waals surface area contributed by atoms with E-state index in [1.807, 2.05) is 6.92 Å². The molecule has 1 fully saturated rings. The Balaban J connectivity index is 2.33. The van der Waals surface area contributed by atoms with Crippen molar-refractivity contribution in [1.82, 2.24) is 16.0 Å². The van der Waals surface area contributed by atoms with Crippen LogP contribution in [0.1, 0.15) is 66.2 Å². The van der Waals surface area contributed by atoms with Crippen LogP contribution in [0, 0.1) is 0 Å². The first-order valence-corrected chi connectivity index (χ1v) is 8.26. The van der Waals surface area contributed by atoms with Gasteiger partial charge >= 0.3 is 0 Å². The molecule has 0 unspecified atom stereocenters. The fourth-order valence-electron chi connectivity index (χ4n) is 2.48. The summed E-state index contributed by atoms with van der Waals surface area (Å²) < 4.78 is 0. The summed E-state index contributed by atoms with van der Waals surface area (Å²) in [5.41, 5.74) is -0.0363. The predicted molar refractivity (Wildman–Crippen MR) is 88.5 cm³/mol. The maximum Gasteiger partial charge on any atom is 0.222 e. The van der Waals surface area contributed by atoms with Crippen LogP contribution in [-0.4, -0.2) is 36.5 Å². The van der Waals surface area contributed by atoms with Gasteiger partial charge in [-0.15, -0.1) is 0 Å². The van der Waals surface area contributed by atoms with E-state index in [2.05, 4.69) is 41.7 Å². The second-order valence-corrected chi connectivity index (χ2v) is 6.79. The Labute approximate surface area is 129 Å². The molecule has 0 heterocycles. The third-order valence-corrected chi connectivity index (χ3v) is 3.42. The molecule has 1 aliphatic carbocycles. The van der Waals surface area contributed by atoms with Gasteiger partial charge in [-0.2, -0.15) is 0 Å². The average molecular weight is 296 g/mol. The summed E-state index contributed by atoms with van der Waals surface area (Å²) in [5.74, 6) is 0.896. The Morgan fingerprint density at radius 2 is 1.86 bits per heavy atom. The van der Waals surface area contributed by atoms with Crippen LogP contribution in [0.15, 0.2) is 4.99 Å². The van der Waals surface area contributed by atoms with Crippen molar-refractivity contribution >= 4 is 11.9 Å². The van der Waals surface area contributed by atoms with E-state index >= 15 is 0 Å². The number of nitrogens with one attached hydrogen (secondary N) is 3. The van der Waals surface area contributed by atoms with Gasteiger partial charge in [0.05, 0.1) is 6.54 Å². The van der Waals surface area contributed by atoms with Gasteiger partial charge in [0.25, 0.3) is 0 Å². The van der Waals surface area contributed by atoms with Crippen molar-refractivity contribution in [1.29, 1.82) is 0 Å². The van der Waals surface area contributed by atoms with Gasteiger partial charge in [0.2, 0.25) is 5.91 Å². The molecule has 0 atom stereocenters. The first-order valence-electron chi connectivity index (χ1n) is 8.26. The van der Waals surface area contributed by atoms with E-state index < -0.39 is 0 Å². The summed E-state index contributed by atoms with van der Waals surface area (Å²) >= 11 is 0. The van der Waals surface area contributed by atoms with E-state index in [9.17, 15) is 4.79 Å². The minimum absolute atomic E-state index is 0.0363. The highest BCUT2D eigenvalue weighted by Crippen LogP contribution is 2.17. The topological polar surface area (TPSA) is 65.5 Å². The summed E-state index contributed by atoms with van der Waals surface area (Å²) in [7, 11) is 0. The molecular formula is C16H32N4O. The highest BCUT2D eigenvalue weighted by molar-refractivity contribution is 5.81. The fourth-order valence-corrected chi connectivity index (χ4v) is 2.48. The van der Waals surface area contributed by atoms with Crippen LogP contribution >= 0.6 is 0 Å². The number of rotatable bonds is 5. The highest BCUT2D eigenvalue weighted by atomic mass is 16.1. The number of hydrogen-bond donors (Lipinski definition) is 3. The van der Waals surface area contributed by atoms with E-state index in [4.69, 9.17) is 0 Å². The molecule has 1 saturated carbocycles. The quantitative estimate of drug-likeness (QED) is 0.538. The summed E-state index contributed by atoms with van der Waals surface area (Å²) in [4.78, 5) is 16.4. The Hall–Kier alpha value is -1.26. The molecule has 0 aromatic heterocycles. The molecule has 1 rings (SSSR count). The summed E-state index contributed by atoms with van der Waals surface area (Å²) in [6.45, 7) is 9.65. The molecule has 0 saturated heterocycles. The highest BCUT2D eigenvalue weighted by Gasteiger charge is 2.15. The minimum atomic E-state index is -0.0363. The molecule has 21 heavy (non-hydrogen) atoms. The van der Waals surface area contributed by atoms with E-state index in [0.717, 1.165) is 25.3 Å². The maximum absolute atomic E-state index is 11.9. The van der Waals surface area contributed by atoms with E-state index in [1.54, 1.807) is 0 Å². The smallest absolute Gasteiger partial charge is 0.222 e. The van der Waals surface area contributed by atoms with Crippen LogP contribution in [0.25, 0.3) is 0 Å². The molecule has 1 amide bonds. The predicted octanol–water partition coefficient (Wildman–Crippen LogP) is 2.18. The van der Waals surface area contributed by atoms with Gasteiger partial charge in [-0.05, 0) is 40.5 Å². The number of nitrogens with zero attached hydrogens (tertiary/aromatic N) is 1. The van der Waals surface area contributed by atoms with Crippen molar-refractivity contribution in [2.75, 3.05) is 13.1 Å². The Morgan fingerprint density at radius 1 is 1.19 bits per heavy atom. The third kappa shape index (κ3) is 8.58. The Kier molecular flexibility index (Phi) is 7.54. The van der Waals surface area contributed by atoms with Gasteiger partial charge in [0.1, 0.15) is 0 Å². The number of hydrogen-bond acceptors (Lipinski definition) is 2. The first-order chi connectivity index (χ1) is 9.90. The van der Waals surface area contributed by atoms with Crippen LogP contribution < -0.4 is 16.0 Å². The Morgan fingerprint density at radius 3 is 2.43 bits per heavy atom. The van der Waals surface area contributed by atoms with Gasteiger partial charge in [0.15, 0.2) is 5.96 Å². The first kappa shape index (κ1) is 17.8. The fraction of sp³-hybridized carbons (Fsp3) is 0.875. The largest absolute Gasteiger partial charge is 0.357 e. The van der Waals surface area contributed by atoms with Crippen molar-refractivity contribution in [2.24, 2.45) is 4.99 Å². The second kappa shape index (κ2) is 8.90. The van der Waals surface area contributed by atoms with Gasteiger partial charge in [-0.1, -0.05) is 19.3 Å². The van der Waals surface area contributed by atoms with Crippen LogP contribution in [0.3, 0.4) is 0 Å². The summed E-state index contributed by atoms with van der Waals surface area (Å²) in [5, 5.41) is 9.64. The molecule has 5 heteroatoms. The lowest BCUT2D eigenvalue weighted by molar-refractivity contribution is -0.121. The van der Waals surface area contributed by atoms with Crippen LogP contribution in [0.4, 0.5) is 0 Å². The zero-order valence-corrected chi connectivity index (χ0v) is 14.1. The van der Waals surface area contributed by atoms with Crippen LogP contribution in [0.5, 0.6) is 0 Å². The molecule has 3 N–H and O–H groups in total. The van der Waals surface area contributed by atoms with E-state index in [-0.39, 0.29) is 11.4 Å². The molecule has 0 aromatic rings. The lowest BCUT2D eigenvalue weighted by Crippen LogP contribution is -2.47. The van der Waals surface area contributed by atoms with Crippen molar-refractivity contribution < 1.29 is 4.79 Å². The van der Waals surface area contributed by atoms with E-state index in [1.165, 1.54) is 19.3 Å². The second-order valence-electron chi connectivity index (χ2n) is 6.79. The van der Waals surface area contributed by atoms with Crippen molar-refractivity contribution in [2.45, 2.75) is 77.8 Å². The van der Waals surface area contributed by atoms with Crippen molar-refractivity contribution in [3.63, 3.8) is 0 Å². The average Bonchev–Trinajstić information content (AvgIpc) is 2.38. The van der Waals surface area contributed by atoms with Gasteiger partial charge in [0, 0.05) is 24.5 Å². The van der Waals surface area contributed by atoms with Crippen molar-refractivity contribution in [3.8, 4) is 0 Å². The molecule has 0 aliphatic heterocycles. The molecule has 5 nitrogen and oxygen atoms in total. The van der Waals surface area contributed by atoms with Crippen LogP contribution in [0.2, 0.25) is 0 Å². The number of amides is 1. The van der Waals surface area contributed by atoms with Gasteiger partial charge in [-0.25, -0.2) is 0 Å². The Bertz CT molecular complexity index is 341. The summed E-state index contributed by atoms with van der Waals surface area (Å²) in [6, 6.07) is 0.385. The molecule has 0 aromatic carbocycles. The number of guanidine groups is 1. The number of carbonyl (C=O) groups excluding carboxylic acids is 1. The molecular weight excluding hydrogens is 264 g/mol. The van der Waals surface area contributed by atoms with Crippen molar-refractivity contribution in [3.05, 3.63) is 0 Å². The normalized spacial score (nSPS) is 17.4. The number of carbonyl (C=O) groups is 1. The molecule has 122 valence electrons. The van der Waals surface area contributed by atoms with Gasteiger partial charge < -0.3 is 16.0 Å². The zero-order valence-electron chi connectivity index (χ0n) is 14.1. The third-order valence-electron chi connectivity index (χ3n) is 3.42. The summed E-state index contributed by atoms with van der Waals surface area (Å²) in [6.07, 6.45) is 6.50. The standard InChI is InChI=1S/C16H32N4O/c1-5-17-15(20-16(2,3)4)18-12-11-14(21)19-13-9-7-6-8-10-13/h13H,5-12H2,1-4H3,(H,19,21)(H2,17,18,20). The monoisotopic (exact) mass is 296 g/mol. The lowest BCUT2D eigenvalue weighted by Gasteiger charge is -2.24. The zero-order chi connectivity index (χ0) is 15.7. The molecule has 0 bridgehead atoms. The lowest BCUT2D eigenvalue weighted by atomic mass is 9.95.